The first-order valence-electron chi connectivity index (χ1n) is 7.89. The monoisotopic (exact) mass is 323 g/mol. The largest absolute Gasteiger partial charge is 0.286 e. The first kappa shape index (κ1) is 18.8. The highest BCUT2D eigenvalue weighted by Crippen LogP contribution is 2.11. The molecule has 2 amide bonds. The van der Waals surface area contributed by atoms with Crippen molar-refractivity contribution < 1.29 is 14.8 Å². The Morgan fingerprint density at radius 3 is 2.87 bits per heavy atom. The Bertz CT molecular complexity index is 498. The van der Waals surface area contributed by atoms with Gasteiger partial charge in [0.2, 0.25) is 18.3 Å². The van der Waals surface area contributed by atoms with Crippen LogP contribution in [0, 0.1) is 5.92 Å². The van der Waals surface area contributed by atoms with E-state index in [9.17, 15) is 14.8 Å². The molecule has 0 aromatic carbocycles. The van der Waals surface area contributed by atoms with E-state index in [0.29, 0.717) is 23.8 Å². The number of unbranched alkanes of at least 4 members (excludes halogenated alkanes) is 2. The third-order valence-corrected chi connectivity index (χ3v) is 3.43. The molecule has 0 spiro atoms. The Kier molecular flexibility index (Phi) is 8.59. The molecule has 23 heavy (non-hydrogen) atoms. The van der Waals surface area contributed by atoms with Gasteiger partial charge in [0.25, 0.3) is 0 Å². The maximum atomic E-state index is 12.2. The molecule has 3 N–H and O–H groups in total. The van der Waals surface area contributed by atoms with E-state index >= 15 is 0 Å². The average Bonchev–Trinajstić information content (AvgIpc) is 2.58. The minimum atomic E-state index is -0.501. The van der Waals surface area contributed by atoms with Gasteiger partial charge in [-0.3, -0.25) is 25.6 Å². The number of aromatic nitrogens is 2. The Morgan fingerprint density at radius 1 is 1.43 bits per heavy atom. The van der Waals surface area contributed by atoms with Crippen molar-refractivity contribution in [3.8, 4) is 0 Å². The molecule has 0 saturated heterocycles. The van der Waals surface area contributed by atoms with E-state index in [0.717, 1.165) is 31.4 Å². The zero-order valence-electron chi connectivity index (χ0n) is 13.7. The highest BCUT2D eigenvalue weighted by Gasteiger charge is 2.20. The number of nitrogens with one attached hydrogen (secondary N) is 2. The molecule has 0 bridgehead atoms. The fourth-order valence-electron chi connectivity index (χ4n) is 2.09. The standard InChI is InChI=1S/C15H25N5O3/c1-3-5-6-7-12(10-20(23)11-21)14(22)18-19-15-16-9-8-13(4-2)17-15/h8-9,11-12,23H,3-7,10H2,1-2H3,(H,18,22)(H,16,17,19). The molecule has 1 heterocycles. The molecule has 0 saturated carbocycles. The summed E-state index contributed by atoms with van der Waals surface area (Å²) < 4.78 is 0. The van der Waals surface area contributed by atoms with Crippen molar-refractivity contribution >= 4 is 18.3 Å². The first-order valence-corrected chi connectivity index (χ1v) is 7.89. The minimum Gasteiger partial charge on any atom is -0.286 e. The van der Waals surface area contributed by atoms with Crippen molar-refractivity contribution in [2.24, 2.45) is 5.92 Å². The minimum absolute atomic E-state index is 0.0451. The van der Waals surface area contributed by atoms with E-state index in [1.54, 1.807) is 12.3 Å². The molecule has 1 aromatic rings. The molecule has 0 aliphatic heterocycles. The van der Waals surface area contributed by atoms with Gasteiger partial charge in [-0.15, -0.1) is 0 Å². The van der Waals surface area contributed by atoms with Crippen LogP contribution in [-0.2, 0) is 16.0 Å². The van der Waals surface area contributed by atoms with Crippen LogP contribution in [0.5, 0.6) is 0 Å². The molecule has 0 aliphatic rings. The van der Waals surface area contributed by atoms with E-state index < -0.39 is 5.92 Å². The summed E-state index contributed by atoms with van der Waals surface area (Å²) >= 11 is 0. The van der Waals surface area contributed by atoms with Gasteiger partial charge in [-0.2, -0.15) is 0 Å². The lowest BCUT2D eigenvalue weighted by atomic mass is 10.0. The summed E-state index contributed by atoms with van der Waals surface area (Å²) in [6.07, 6.45) is 6.13. The first-order chi connectivity index (χ1) is 11.1. The number of hydrazine groups is 1. The van der Waals surface area contributed by atoms with Crippen molar-refractivity contribution in [2.75, 3.05) is 12.0 Å². The molecule has 1 atom stereocenters. The molecular formula is C15H25N5O3. The molecule has 8 nitrogen and oxygen atoms in total. The number of anilines is 1. The summed E-state index contributed by atoms with van der Waals surface area (Å²) in [6.45, 7) is 4.00. The van der Waals surface area contributed by atoms with Crippen molar-refractivity contribution in [2.45, 2.75) is 46.0 Å². The van der Waals surface area contributed by atoms with Gasteiger partial charge in [0, 0.05) is 11.9 Å². The molecule has 1 unspecified atom stereocenters. The van der Waals surface area contributed by atoms with Gasteiger partial charge in [-0.05, 0) is 18.9 Å². The summed E-state index contributed by atoms with van der Waals surface area (Å²) in [5.74, 6) is -0.507. The summed E-state index contributed by atoms with van der Waals surface area (Å²) in [5.41, 5.74) is 6.07. The van der Waals surface area contributed by atoms with Crippen LogP contribution in [0.4, 0.5) is 5.95 Å². The zero-order chi connectivity index (χ0) is 17.1. The van der Waals surface area contributed by atoms with Crippen LogP contribution in [0.25, 0.3) is 0 Å². The van der Waals surface area contributed by atoms with Crippen molar-refractivity contribution in [3.05, 3.63) is 18.0 Å². The third kappa shape index (κ3) is 7.05. The number of carbonyl (C=O) groups excluding carboxylic acids is 2. The van der Waals surface area contributed by atoms with E-state index in [4.69, 9.17) is 0 Å². The van der Waals surface area contributed by atoms with Crippen molar-refractivity contribution in [3.63, 3.8) is 0 Å². The van der Waals surface area contributed by atoms with Gasteiger partial charge in [-0.1, -0.05) is 33.1 Å². The van der Waals surface area contributed by atoms with Gasteiger partial charge < -0.3 is 0 Å². The summed E-state index contributed by atoms with van der Waals surface area (Å²) in [7, 11) is 0. The van der Waals surface area contributed by atoms with Crippen LogP contribution in [0.3, 0.4) is 0 Å². The van der Waals surface area contributed by atoms with E-state index in [2.05, 4.69) is 27.7 Å². The number of hydroxylamine groups is 2. The van der Waals surface area contributed by atoms with E-state index in [1.807, 2.05) is 6.92 Å². The van der Waals surface area contributed by atoms with Crippen LogP contribution >= 0.6 is 0 Å². The summed E-state index contributed by atoms with van der Waals surface area (Å²) in [6, 6.07) is 1.80. The highest BCUT2D eigenvalue weighted by molar-refractivity contribution is 5.80. The molecule has 1 rings (SSSR count). The quantitative estimate of drug-likeness (QED) is 0.247. The van der Waals surface area contributed by atoms with Gasteiger partial charge in [-0.25, -0.2) is 15.0 Å². The Morgan fingerprint density at radius 2 is 2.22 bits per heavy atom. The lowest BCUT2D eigenvalue weighted by molar-refractivity contribution is -0.154. The van der Waals surface area contributed by atoms with Gasteiger partial charge >= 0.3 is 0 Å². The smallest absolute Gasteiger partial charge is 0.243 e. The second-order valence-electron chi connectivity index (χ2n) is 5.26. The number of aryl methyl sites for hydroxylation is 1. The number of amides is 2. The maximum Gasteiger partial charge on any atom is 0.243 e. The normalized spacial score (nSPS) is 11.6. The van der Waals surface area contributed by atoms with E-state index in [-0.39, 0.29) is 12.5 Å². The topological polar surface area (TPSA) is 107 Å². The lowest BCUT2D eigenvalue weighted by Gasteiger charge is -2.19. The van der Waals surface area contributed by atoms with E-state index in [1.165, 1.54) is 0 Å². The second kappa shape index (κ2) is 10.5. The van der Waals surface area contributed by atoms with Crippen LogP contribution in [0.2, 0.25) is 0 Å². The molecule has 0 fully saturated rings. The number of hydrogen-bond acceptors (Lipinski definition) is 6. The predicted octanol–water partition coefficient (Wildman–Crippen LogP) is 1.53. The SMILES string of the molecule is CCCCCC(CN(O)C=O)C(=O)NNc1nccc(CC)n1. The predicted molar refractivity (Wildman–Crippen MR) is 85.4 cm³/mol. The molecule has 0 aliphatic carbocycles. The summed E-state index contributed by atoms with van der Waals surface area (Å²) in [5, 5.41) is 9.82. The van der Waals surface area contributed by atoms with Crippen molar-refractivity contribution in [1.29, 1.82) is 0 Å². The molecule has 0 radical (unpaired) electrons. The third-order valence-electron chi connectivity index (χ3n) is 3.43. The average molecular weight is 323 g/mol. The van der Waals surface area contributed by atoms with Crippen molar-refractivity contribution in [1.82, 2.24) is 20.5 Å². The number of nitrogens with zero attached hydrogens (tertiary/aromatic N) is 3. The molecule has 8 heteroatoms. The van der Waals surface area contributed by atoms with Crippen LogP contribution in [-0.4, -0.2) is 39.1 Å². The molecule has 128 valence electrons. The van der Waals surface area contributed by atoms with Crippen LogP contribution < -0.4 is 10.9 Å². The van der Waals surface area contributed by atoms with Gasteiger partial charge in [0.15, 0.2) is 0 Å². The zero-order valence-corrected chi connectivity index (χ0v) is 13.7. The fraction of sp³-hybridized carbons (Fsp3) is 0.600. The second-order valence-corrected chi connectivity index (χ2v) is 5.26. The van der Waals surface area contributed by atoms with Crippen LogP contribution in [0.15, 0.2) is 12.3 Å². The number of rotatable bonds is 11. The highest BCUT2D eigenvalue weighted by atomic mass is 16.5. The van der Waals surface area contributed by atoms with Gasteiger partial charge in [0.1, 0.15) is 0 Å². The molecule has 1 aromatic heterocycles. The lowest BCUT2D eigenvalue weighted by Crippen LogP contribution is -2.40. The Balaban J connectivity index is 2.58. The fourth-order valence-corrected chi connectivity index (χ4v) is 2.09. The maximum absolute atomic E-state index is 12.2. The molecular weight excluding hydrogens is 298 g/mol. The number of carbonyl (C=O) groups is 2. The summed E-state index contributed by atoms with van der Waals surface area (Å²) in [4.78, 5) is 31.0. The van der Waals surface area contributed by atoms with Gasteiger partial charge in [0.05, 0.1) is 12.5 Å². The Labute approximate surface area is 136 Å². The van der Waals surface area contributed by atoms with Crippen LogP contribution in [0.1, 0.15) is 45.2 Å². The number of hydrogen-bond donors (Lipinski definition) is 3. The Hall–Kier alpha value is -2.22.